The van der Waals surface area contributed by atoms with E-state index in [1.54, 1.807) is 11.1 Å². The molecule has 6 aromatic carbocycles. The molecule has 0 aliphatic heterocycles. The third-order valence-corrected chi connectivity index (χ3v) is 14.1. The predicted molar refractivity (Wildman–Crippen MR) is 214 cm³/mol. The van der Waals surface area contributed by atoms with Crippen LogP contribution in [0.3, 0.4) is 0 Å². The van der Waals surface area contributed by atoms with Crippen LogP contribution in [0.4, 0.5) is 22.7 Å². The van der Waals surface area contributed by atoms with Crippen molar-refractivity contribution in [2.24, 2.45) is 23.7 Å². The molecule has 12 rings (SSSR count). The van der Waals surface area contributed by atoms with Crippen molar-refractivity contribution < 1.29 is 0 Å². The maximum absolute atomic E-state index is 7.41. The second kappa shape index (κ2) is 10.8. The first-order valence-electron chi connectivity index (χ1n) is 19.3. The zero-order chi connectivity index (χ0) is 34.8. The van der Waals surface area contributed by atoms with Gasteiger partial charge in [0.2, 0.25) is 0 Å². The molecule has 6 aromatic rings. The molecule has 0 N–H and O–H groups in total. The van der Waals surface area contributed by atoms with Crippen molar-refractivity contribution in [1.82, 2.24) is 0 Å². The maximum Gasteiger partial charge on any atom is 0.187 e. The minimum absolute atomic E-state index is 0.0466. The summed E-state index contributed by atoms with van der Waals surface area (Å²) >= 11 is 0. The molecule has 0 saturated heterocycles. The molecular formula is C50H42N2. The first-order valence-corrected chi connectivity index (χ1v) is 19.3. The van der Waals surface area contributed by atoms with E-state index in [0.29, 0.717) is 17.5 Å². The van der Waals surface area contributed by atoms with Crippen LogP contribution in [0.5, 0.6) is 0 Å². The fourth-order valence-corrected chi connectivity index (χ4v) is 12.2. The monoisotopic (exact) mass is 670 g/mol. The van der Waals surface area contributed by atoms with Gasteiger partial charge in [-0.1, -0.05) is 117 Å². The molecule has 0 aromatic heterocycles. The van der Waals surface area contributed by atoms with Crippen molar-refractivity contribution >= 4 is 22.7 Å². The summed E-state index contributed by atoms with van der Waals surface area (Å²) < 4.78 is 0. The van der Waals surface area contributed by atoms with Crippen LogP contribution in [0.15, 0.2) is 133 Å². The second-order valence-corrected chi connectivity index (χ2v) is 16.9. The highest BCUT2D eigenvalue weighted by atomic mass is 15.1. The Labute approximate surface area is 307 Å². The molecule has 4 bridgehead atoms. The largest absolute Gasteiger partial charge is 0.310 e. The molecule has 1 spiro atoms. The molecule has 52 heavy (non-hydrogen) atoms. The summed E-state index contributed by atoms with van der Waals surface area (Å²) in [6.45, 7) is 12.2. The third-order valence-electron chi connectivity index (χ3n) is 14.1. The van der Waals surface area contributed by atoms with Gasteiger partial charge >= 0.3 is 0 Å². The van der Waals surface area contributed by atoms with E-state index >= 15 is 0 Å². The number of fused-ring (bicyclic) bond motifs is 6. The average Bonchev–Trinajstić information content (AvgIpc) is 3.60. The van der Waals surface area contributed by atoms with E-state index in [1.807, 2.05) is 12.1 Å². The van der Waals surface area contributed by atoms with Crippen molar-refractivity contribution in [2.75, 3.05) is 4.90 Å². The molecular weight excluding hydrogens is 629 g/mol. The highest BCUT2D eigenvalue weighted by molar-refractivity contribution is 5.93. The van der Waals surface area contributed by atoms with E-state index in [2.05, 4.69) is 145 Å². The van der Waals surface area contributed by atoms with Gasteiger partial charge in [-0.2, -0.15) is 0 Å². The summed E-state index contributed by atoms with van der Waals surface area (Å²) in [5.41, 5.74) is 18.2. The third kappa shape index (κ3) is 4.00. The molecule has 2 heteroatoms. The van der Waals surface area contributed by atoms with E-state index in [0.717, 1.165) is 23.0 Å². The van der Waals surface area contributed by atoms with Gasteiger partial charge in [0, 0.05) is 22.2 Å². The lowest BCUT2D eigenvalue weighted by Crippen LogP contribution is -2.55. The Hall–Kier alpha value is -5.39. The Morgan fingerprint density at radius 2 is 1.10 bits per heavy atom. The van der Waals surface area contributed by atoms with Gasteiger partial charge < -0.3 is 4.90 Å². The number of hydrogen-bond donors (Lipinski definition) is 0. The lowest BCUT2D eigenvalue weighted by Gasteiger charge is -2.61. The van der Waals surface area contributed by atoms with Crippen LogP contribution >= 0.6 is 0 Å². The second-order valence-electron chi connectivity index (χ2n) is 16.9. The Bertz CT molecular complexity index is 2430. The van der Waals surface area contributed by atoms with Gasteiger partial charge in [-0.25, -0.2) is 4.85 Å². The zero-order valence-electron chi connectivity index (χ0n) is 29.9. The fourth-order valence-electron chi connectivity index (χ4n) is 12.2. The number of anilines is 3. The van der Waals surface area contributed by atoms with Crippen LogP contribution in [-0.4, -0.2) is 0 Å². The molecule has 4 saturated carbocycles. The van der Waals surface area contributed by atoms with Gasteiger partial charge in [0.15, 0.2) is 5.69 Å². The van der Waals surface area contributed by atoms with Crippen LogP contribution in [0, 0.1) is 30.2 Å². The van der Waals surface area contributed by atoms with Crippen LogP contribution in [0.25, 0.3) is 38.2 Å². The van der Waals surface area contributed by atoms with Crippen LogP contribution in [-0.2, 0) is 10.8 Å². The maximum atomic E-state index is 7.41. The zero-order valence-corrected chi connectivity index (χ0v) is 29.9. The van der Waals surface area contributed by atoms with Crippen LogP contribution in [0.2, 0.25) is 0 Å². The van der Waals surface area contributed by atoms with E-state index in [4.69, 9.17) is 6.57 Å². The summed E-state index contributed by atoms with van der Waals surface area (Å²) in [6.07, 6.45) is 6.90. The lowest BCUT2D eigenvalue weighted by atomic mass is 9.43. The Morgan fingerprint density at radius 1 is 0.538 bits per heavy atom. The van der Waals surface area contributed by atoms with Gasteiger partial charge in [-0.15, -0.1) is 0 Å². The SMILES string of the molecule is [C-]#[N+]c1ccc(-c2ccc(N(c3ccc4c(c3)C(C)(C)c3ccccc3-4)c3cccc4c3C3(c5ccccc5-4)C4CC5CC(C4)CC3C5)cc2)cc1. The van der Waals surface area contributed by atoms with Gasteiger partial charge in [0.25, 0.3) is 0 Å². The molecule has 252 valence electrons. The van der Waals surface area contributed by atoms with E-state index in [-0.39, 0.29) is 10.8 Å². The van der Waals surface area contributed by atoms with Gasteiger partial charge in [-0.05, 0) is 142 Å². The minimum Gasteiger partial charge on any atom is -0.310 e. The summed E-state index contributed by atoms with van der Waals surface area (Å²) in [7, 11) is 0. The van der Waals surface area contributed by atoms with Crippen LogP contribution < -0.4 is 4.90 Å². The Morgan fingerprint density at radius 3 is 1.77 bits per heavy atom. The molecule has 6 aliphatic rings. The summed E-state index contributed by atoms with van der Waals surface area (Å²) in [5, 5.41) is 0. The van der Waals surface area contributed by atoms with Gasteiger partial charge in [0.1, 0.15) is 0 Å². The molecule has 0 amide bonds. The molecule has 0 atom stereocenters. The standard InChI is InChI=1S/C50H42N2/c1-49(2)44-12-6-4-9-40(44)42-24-23-39(30-46(42)49)52(38-21-17-34(18-22-38)33-15-19-37(51-3)20-16-33)47-14-8-11-43-41-10-5-7-13-45(41)50(48(43)47)35-26-31-25-32(28-35)29-36(50)27-31/h4-24,30-32,35-36H,25-29H2,1-2H3. The molecule has 0 radical (unpaired) electrons. The highest BCUT2D eigenvalue weighted by Crippen LogP contribution is 2.71. The summed E-state index contributed by atoms with van der Waals surface area (Å²) in [6, 6.07) is 50.0. The van der Waals surface area contributed by atoms with Crippen molar-refractivity contribution in [1.29, 1.82) is 0 Å². The number of hydrogen-bond acceptors (Lipinski definition) is 1. The van der Waals surface area contributed by atoms with E-state index in [9.17, 15) is 0 Å². The number of nitrogens with zero attached hydrogens (tertiary/aromatic N) is 2. The summed E-state index contributed by atoms with van der Waals surface area (Å²) in [5.74, 6) is 3.15. The molecule has 2 nitrogen and oxygen atoms in total. The predicted octanol–water partition coefficient (Wildman–Crippen LogP) is 13.4. The highest BCUT2D eigenvalue weighted by Gasteiger charge is 2.62. The Balaban J connectivity index is 1.14. The molecule has 4 fully saturated rings. The first-order chi connectivity index (χ1) is 25.4. The lowest BCUT2D eigenvalue weighted by molar-refractivity contribution is -0.0397. The van der Waals surface area contributed by atoms with Crippen LogP contribution in [0.1, 0.15) is 68.2 Å². The quantitative estimate of drug-likeness (QED) is 0.169. The Kier molecular flexibility index (Phi) is 6.29. The van der Waals surface area contributed by atoms with Gasteiger partial charge in [0.05, 0.1) is 12.3 Å². The number of benzene rings is 6. The van der Waals surface area contributed by atoms with Gasteiger partial charge in [-0.3, -0.25) is 0 Å². The van der Waals surface area contributed by atoms with Crippen molar-refractivity contribution in [3.05, 3.63) is 167 Å². The molecule has 0 unspecified atom stereocenters. The smallest absolute Gasteiger partial charge is 0.187 e. The van der Waals surface area contributed by atoms with Crippen molar-refractivity contribution in [3.8, 4) is 33.4 Å². The summed E-state index contributed by atoms with van der Waals surface area (Å²) in [4.78, 5) is 6.21. The van der Waals surface area contributed by atoms with E-state index in [1.165, 1.54) is 82.5 Å². The average molecular weight is 671 g/mol. The van der Waals surface area contributed by atoms with Crippen molar-refractivity contribution in [3.63, 3.8) is 0 Å². The minimum atomic E-state index is -0.0908. The first kappa shape index (κ1) is 30.3. The molecule has 0 heterocycles. The number of rotatable bonds is 4. The van der Waals surface area contributed by atoms with Crippen molar-refractivity contribution in [2.45, 2.75) is 56.8 Å². The topological polar surface area (TPSA) is 7.60 Å². The molecule has 6 aliphatic carbocycles. The van der Waals surface area contributed by atoms with E-state index < -0.39 is 0 Å². The normalized spacial score (nSPS) is 24.9. The fraction of sp³-hybridized carbons (Fsp3) is 0.260.